The quantitative estimate of drug-likeness (QED) is 0.915. The Hall–Kier alpha value is -2.00. The average Bonchev–Trinajstić information content (AvgIpc) is 2.40. The van der Waals surface area contributed by atoms with E-state index in [0.29, 0.717) is 10.8 Å². The van der Waals surface area contributed by atoms with Crippen molar-refractivity contribution >= 4 is 23.2 Å². The van der Waals surface area contributed by atoms with Gasteiger partial charge in [-0.1, -0.05) is 29.8 Å². The van der Waals surface area contributed by atoms with Crippen molar-refractivity contribution < 1.29 is 9.53 Å². The van der Waals surface area contributed by atoms with E-state index in [4.69, 9.17) is 16.3 Å². The summed E-state index contributed by atoms with van der Waals surface area (Å²) in [5, 5.41) is 3.51. The third-order valence-corrected chi connectivity index (χ3v) is 3.41. The van der Waals surface area contributed by atoms with Crippen LogP contribution in [0.15, 0.2) is 36.4 Å². The van der Waals surface area contributed by atoms with Gasteiger partial charge in [0, 0.05) is 10.7 Å². The maximum absolute atomic E-state index is 12.0. The monoisotopic (exact) mass is 303 g/mol. The molecule has 2 rings (SSSR count). The van der Waals surface area contributed by atoms with E-state index in [1.807, 2.05) is 57.2 Å². The van der Waals surface area contributed by atoms with Crippen LogP contribution in [0.5, 0.6) is 5.75 Å². The van der Waals surface area contributed by atoms with Crippen LogP contribution in [0.2, 0.25) is 5.02 Å². The van der Waals surface area contributed by atoms with Gasteiger partial charge in [-0.25, -0.2) is 0 Å². The van der Waals surface area contributed by atoms with E-state index in [1.165, 1.54) is 0 Å². The fraction of sp³-hybridized carbons (Fsp3) is 0.235. The van der Waals surface area contributed by atoms with Crippen LogP contribution in [0.25, 0.3) is 0 Å². The predicted octanol–water partition coefficient (Wildman–Crippen LogP) is 4.28. The van der Waals surface area contributed by atoms with Crippen molar-refractivity contribution in [1.29, 1.82) is 0 Å². The van der Waals surface area contributed by atoms with Gasteiger partial charge in [0.2, 0.25) is 0 Å². The molecule has 0 heterocycles. The van der Waals surface area contributed by atoms with Gasteiger partial charge >= 0.3 is 0 Å². The molecule has 0 unspecified atom stereocenters. The van der Waals surface area contributed by atoms with E-state index in [-0.39, 0.29) is 12.5 Å². The second-order valence-corrected chi connectivity index (χ2v) is 5.46. The number of aryl methyl sites for hydroxylation is 3. The Morgan fingerprint density at radius 1 is 1.10 bits per heavy atom. The number of halogens is 1. The maximum atomic E-state index is 12.0. The van der Waals surface area contributed by atoms with Gasteiger partial charge in [0.25, 0.3) is 5.91 Å². The molecule has 2 aromatic rings. The summed E-state index contributed by atoms with van der Waals surface area (Å²) >= 11 is 5.97. The first-order valence-corrected chi connectivity index (χ1v) is 7.10. The zero-order valence-corrected chi connectivity index (χ0v) is 13.1. The Kier molecular flexibility index (Phi) is 4.86. The van der Waals surface area contributed by atoms with Gasteiger partial charge in [-0.15, -0.1) is 0 Å². The molecule has 0 aliphatic carbocycles. The zero-order chi connectivity index (χ0) is 15.4. The summed E-state index contributed by atoms with van der Waals surface area (Å²) in [7, 11) is 0. The number of carbonyl (C=O) groups excluding carboxylic acids is 1. The van der Waals surface area contributed by atoms with E-state index in [0.717, 1.165) is 22.4 Å². The number of benzene rings is 2. The lowest BCUT2D eigenvalue weighted by Crippen LogP contribution is -2.21. The highest BCUT2D eigenvalue weighted by Crippen LogP contribution is 2.27. The molecule has 0 saturated carbocycles. The molecule has 0 aliphatic rings. The van der Waals surface area contributed by atoms with Crippen LogP contribution in [0.1, 0.15) is 16.7 Å². The second kappa shape index (κ2) is 6.64. The minimum Gasteiger partial charge on any atom is -0.483 e. The molecule has 0 aliphatic heterocycles. The summed E-state index contributed by atoms with van der Waals surface area (Å²) in [4.78, 5) is 12.0. The van der Waals surface area contributed by atoms with Crippen LogP contribution in [-0.4, -0.2) is 12.5 Å². The Morgan fingerprint density at radius 2 is 1.71 bits per heavy atom. The van der Waals surface area contributed by atoms with Gasteiger partial charge in [-0.3, -0.25) is 4.79 Å². The Balaban J connectivity index is 2.01. The number of amides is 1. The summed E-state index contributed by atoms with van der Waals surface area (Å²) in [6.45, 7) is 5.74. The standard InChI is InChI=1S/C17H18ClNO2/c1-11-6-4-5-7-15(11)19-16(20)10-21-17-12(2)8-14(18)9-13(17)3/h4-9H,10H2,1-3H3,(H,19,20). The number of hydrogen-bond donors (Lipinski definition) is 1. The Bertz CT molecular complexity index is 645. The van der Waals surface area contributed by atoms with E-state index in [9.17, 15) is 4.79 Å². The number of nitrogens with one attached hydrogen (secondary N) is 1. The molecule has 4 heteroatoms. The summed E-state index contributed by atoms with van der Waals surface area (Å²) in [5.41, 5.74) is 3.66. The van der Waals surface area contributed by atoms with Crippen LogP contribution in [0.4, 0.5) is 5.69 Å². The van der Waals surface area contributed by atoms with Gasteiger partial charge in [-0.2, -0.15) is 0 Å². The number of anilines is 1. The highest BCUT2D eigenvalue weighted by atomic mass is 35.5. The molecule has 0 radical (unpaired) electrons. The molecule has 3 nitrogen and oxygen atoms in total. The van der Waals surface area contributed by atoms with Crippen LogP contribution in [0, 0.1) is 20.8 Å². The largest absolute Gasteiger partial charge is 0.483 e. The van der Waals surface area contributed by atoms with E-state index < -0.39 is 0 Å². The van der Waals surface area contributed by atoms with E-state index >= 15 is 0 Å². The molecule has 0 saturated heterocycles. The topological polar surface area (TPSA) is 38.3 Å². The Labute approximate surface area is 129 Å². The lowest BCUT2D eigenvalue weighted by Gasteiger charge is -2.13. The van der Waals surface area contributed by atoms with Gasteiger partial charge in [-0.05, 0) is 55.7 Å². The van der Waals surface area contributed by atoms with Crippen molar-refractivity contribution in [3.8, 4) is 5.75 Å². The van der Waals surface area contributed by atoms with Crippen molar-refractivity contribution in [3.05, 3.63) is 58.1 Å². The minimum atomic E-state index is -0.182. The number of para-hydroxylation sites is 1. The fourth-order valence-corrected chi connectivity index (χ4v) is 2.49. The first kappa shape index (κ1) is 15.4. The summed E-state index contributed by atoms with van der Waals surface area (Å²) < 4.78 is 5.63. The molecule has 110 valence electrons. The van der Waals surface area contributed by atoms with Crippen LogP contribution < -0.4 is 10.1 Å². The van der Waals surface area contributed by atoms with Crippen LogP contribution >= 0.6 is 11.6 Å². The first-order chi connectivity index (χ1) is 9.97. The summed E-state index contributed by atoms with van der Waals surface area (Å²) in [5.74, 6) is 0.525. The SMILES string of the molecule is Cc1ccccc1NC(=O)COc1c(C)cc(Cl)cc1C. The highest BCUT2D eigenvalue weighted by molar-refractivity contribution is 6.30. The fourth-order valence-electron chi connectivity index (χ4n) is 2.16. The lowest BCUT2D eigenvalue weighted by molar-refractivity contribution is -0.118. The zero-order valence-electron chi connectivity index (χ0n) is 12.4. The third-order valence-electron chi connectivity index (χ3n) is 3.19. The van der Waals surface area contributed by atoms with Crippen LogP contribution in [-0.2, 0) is 4.79 Å². The van der Waals surface area contributed by atoms with Crippen molar-refractivity contribution in [2.24, 2.45) is 0 Å². The molecule has 0 aromatic heterocycles. The highest BCUT2D eigenvalue weighted by Gasteiger charge is 2.09. The predicted molar refractivity (Wildman–Crippen MR) is 86.2 cm³/mol. The first-order valence-electron chi connectivity index (χ1n) is 6.72. The number of carbonyl (C=O) groups is 1. The minimum absolute atomic E-state index is 0.0301. The molecule has 0 atom stereocenters. The average molecular weight is 304 g/mol. The molecule has 1 amide bonds. The van der Waals surface area contributed by atoms with Crippen molar-refractivity contribution in [3.63, 3.8) is 0 Å². The molecule has 0 bridgehead atoms. The molecule has 21 heavy (non-hydrogen) atoms. The lowest BCUT2D eigenvalue weighted by atomic mass is 10.1. The second-order valence-electron chi connectivity index (χ2n) is 5.02. The Morgan fingerprint density at radius 3 is 2.33 bits per heavy atom. The maximum Gasteiger partial charge on any atom is 0.262 e. The molecule has 0 spiro atoms. The molecular formula is C17H18ClNO2. The van der Waals surface area contributed by atoms with Crippen molar-refractivity contribution in [1.82, 2.24) is 0 Å². The number of ether oxygens (including phenoxy) is 1. The van der Waals surface area contributed by atoms with Crippen LogP contribution in [0.3, 0.4) is 0 Å². The van der Waals surface area contributed by atoms with E-state index in [1.54, 1.807) is 0 Å². The molecule has 1 N–H and O–H groups in total. The summed E-state index contributed by atoms with van der Waals surface area (Å²) in [6.07, 6.45) is 0. The number of rotatable bonds is 4. The van der Waals surface area contributed by atoms with Gasteiger partial charge in [0.05, 0.1) is 0 Å². The van der Waals surface area contributed by atoms with Crippen molar-refractivity contribution in [2.75, 3.05) is 11.9 Å². The van der Waals surface area contributed by atoms with Gasteiger partial charge in [0.1, 0.15) is 5.75 Å². The summed E-state index contributed by atoms with van der Waals surface area (Å²) in [6, 6.07) is 11.3. The third kappa shape index (κ3) is 3.99. The van der Waals surface area contributed by atoms with Gasteiger partial charge < -0.3 is 10.1 Å². The van der Waals surface area contributed by atoms with Crippen molar-refractivity contribution in [2.45, 2.75) is 20.8 Å². The molecule has 2 aromatic carbocycles. The van der Waals surface area contributed by atoms with Gasteiger partial charge in [0.15, 0.2) is 6.61 Å². The van der Waals surface area contributed by atoms with E-state index in [2.05, 4.69) is 5.32 Å². The normalized spacial score (nSPS) is 10.3. The molecular weight excluding hydrogens is 286 g/mol. The smallest absolute Gasteiger partial charge is 0.262 e. The number of hydrogen-bond acceptors (Lipinski definition) is 2. The molecule has 0 fully saturated rings.